The van der Waals surface area contributed by atoms with E-state index in [2.05, 4.69) is 11.3 Å². The van der Waals surface area contributed by atoms with Crippen LogP contribution in [-0.4, -0.2) is 7.11 Å². The van der Waals surface area contributed by atoms with Crippen molar-refractivity contribution in [2.75, 3.05) is 7.11 Å². The lowest BCUT2D eigenvalue weighted by Crippen LogP contribution is -1.85. The molecule has 0 saturated heterocycles. The van der Waals surface area contributed by atoms with Crippen molar-refractivity contribution in [3.8, 4) is 17.0 Å². The number of methoxy groups -OCH3 is 1. The van der Waals surface area contributed by atoms with Crippen LogP contribution in [0.5, 0.6) is 5.75 Å². The molecule has 1 aromatic rings. The maximum Gasteiger partial charge on any atom is 0.134 e. The summed E-state index contributed by atoms with van der Waals surface area (Å²) in [4.78, 5) is 0. The highest BCUT2D eigenvalue weighted by Gasteiger charge is 1.95. The summed E-state index contributed by atoms with van der Waals surface area (Å²) in [5.74, 6) is 3.47. The van der Waals surface area contributed by atoms with E-state index in [0.717, 1.165) is 11.3 Å². The first-order valence-electron chi connectivity index (χ1n) is 3.13. The van der Waals surface area contributed by atoms with Crippen LogP contribution in [0.2, 0.25) is 0 Å². The van der Waals surface area contributed by atoms with Crippen molar-refractivity contribution >= 4 is 11.6 Å². The minimum absolute atomic E-state index is 0.751. The van der Waals surface area contributed by atoms with Crippen LogP contribution in [0.4, 0.5) is 0 Å². The fraction of sp³-hybridized carbons (Fsp3) is 0.111. The van der Waals surface area contributed by atoms with Crippen molar-refractivity contribution in [3.63, 3.8) is 0 Å². The van der Waals surface area contributed by atoms with Crippen LogP contribution >= 0.6 is 11.6 Å². The standard InChI is InChI=1S/C9H7ClO/c1-11-9-5-3-2-4-8(9)6-7-10/h2-5H,1H3. The molecule has 0 heterocycles. The summed E-state index contributed by atoms with van der Waals surface area (Å²) >= 11 is 5.25. The van der Waals surface area contributed by atoms with Gasteiger partial charge in [0.15, 0.2) is 0 Å². The summed E-state index contributed by atoms with van der Waals surface area (Å²) in [7, 11) is 1.61. The van der Waals surface area contributed by atoms with Gasteiger partial charge in [0.2, 0.25) is 0 Å². The van der Waals surface area contributed by atoms with Crippen molar-refractivity contribution in [2.45, 2.75) is 0 Å². The van der Waals surface area contributed by atoms with Crippen LogP contribution in [0.15, 0.2) is 24.3 Å². The maximum atomic E-state index is 5.25. The lowest BCUT2D eigenvalue weighted by Gasteiger charge is -2.00. The van der Waals surface area contributed by atoms with Crippen molar-refractivity contribution in [1.29, 1.82) is 0 Å². The van der Waals surface area contributed by atoms with E-state index in [9.17, 15) is 0 Å². The molecule has 2 heteroatoms. The zero-order chi connectivity index (χ0) is 8.10. The number of benzene rings is 1. The molecule has 0 saturated carbocycles. The second-order valence-electron chi connectivity index (χ2n) is 1.92. The molecule has 0 spiro atoms. The van der Waals surface area contributed by atoms with Crippen molar-refractivity contribution < 1.29 is 4.74 Å². The van der Waals surface area contributed by atoms with Gasteiger partial charge in [-0.2, -0.15) is 0 Å². The van der Waals surface area contributed by atoms with E-state index in [1.165, 1.54) is 0 Å². The molecule has 0 aliphatic heterocycles. The number of para-hydroxylation sites is 1. The Balaban J connectivity index is 3.09. The monoisotopic (exact) mass is 166 g/mol. The second kappa shape index (κ2) is 3.90. The summed E-state index contributed by atoms with van der Waals surface area (Å²) < 4.78 is 5.04. The fourth-order valence-electron chi connectivity index (χ4n) is 0.799. The Kier molecular flexibility index (Phi) is 2.83. The normalized spacial score (nSPS) is 8.18. The third kappa shape index (κ3) is 1.89. The zero-order valence-corrected chi connectivity index (χ0v) is 6.85. The van der Waals surface area contributed by atoms with E-state index >= 15 is 0 Å². The van der Waals surface area contributed by atoms with Gasteiger partial charge in [0.1, 0.15) is 5.75 Å². The van der Waals surface area contributed by atoms with Crippen LogP contribution in [0.1, 0.15) is 5.56 Å². The topological polar surface area (TPSA) is 9.23 Å². The highest BCUT2D eigenvalue weighted by molar-refractivity contribution is 6.30. The summed E-state index contributed by atoms with van der Waals surface area (Å²) in [6, 6.07) is 7.47. The lowest BCUT2D eigenvalue weighted by atomic mass is 10.2. The van der Waals surface area contributed by atoms with Crippen LogP contribution < -0.4 is 4.74 Å². The summed E-state index contributed by atoms with van der Waals surface area (Å²) in [5, 5.41) is 2.30. The molecule has 1 aromatic carbocycles. The van der Waals surface area contributed by atoms with E-state index in [4.69, 9.17) is 16.3 Å². The zero-order valence-electron chi connectivity index (χ0n) is 6.10. The summed E-state index contributed by atoms with van der Waals surface area (Å²) in [6.45, 7) is 0. The molecule has 0 amide bonds. The molecule has 1 nitrogen and oxygen atoms in total. The van der Waals surface area contributed by atoms with Crippen LogP contribution in [0.25, 0.3) is 0 Å². The average Bonchev–Trinajstić information content (AvgIpc) is 2.06. The van der Waals surface area contributed by atoms with Crippen LogP contribution in [0.3, 0.4) is 0 Å². The molecule has 0 aliphatic rings. The van der Waals surface area contributed by atoms with Crippen molar-refractivity contribution in [3.05, 3.63) is 29.8 Å². The molecular formula is C9H7ClO. The summed E-state index contributed by atoms with van der Waals surface area (Å²) in [6.07, 6.45) is 0. The van der Waals surface area contributed by atoms with E-state index in [1.54, 1.807) is 7.11 Å². The summed E-state index contributed by atoms with van der Waals surface area (Å²) in [5.41, 5.74) is 0.810. The first-order valence-corrected chi connectivity index (χ1v) is 3.51. The fourth-order valence-corrected chi connectivity index (χ4v) is 0.901. The lowest BCUT2D eigenvalue weighted by molar-refractivity contribution is 0.413. The third-order valence-electron chi connectivity index (χ3n) is 1.29. The van der Waals surface area contributed by atoms with Gasteiger partial charge in [-0.25, -0.2) is 0 Å². The molecule has 0 aromatic heterocycles. The van der Waals surface area contributed by atoms with Gasteiger partial charge >= 0.3 is 0 Å². The Morgan fingerprint density at radius 2 is 2.09 bits per heavy atom. The minimum atomic E-state index is 0.751. The van der Waals surface area contributed by atoms with E-state index in [1.807, 2.05) is 24.3 Å². The number of rotatable bonds is 1. The minimum Gasteiger partial charge on any atom is -0.495 e. The predicted octanol–water partition coefficient (Wildman–Crippen LogP) is 2.24. The third-order valence-corrected chi connectivity index (χ3v) is 1.38. The van der Waals surface area contributed by atoms with Gasteiger partial charge in [-0.1, -0.05) is 12.1 Å². The molecule has 0 atom stereocenters. The Morgan fingerprint density at radius 1 is 1.36 bits per heavy atom. The molecule has 0 N–H and O–H groups in total. The van der Waals surface area contributed by atoms with Crippen molar-refractivity contribution in [2.24, 2.45) is 0 Å². The second-order valence-corrected chi connectivity index (χ2v) is 2.11. The van der Waals surface area contributed by atoms with Gasteiger partial charge in [-0.05, 0) is 29.7 Å². The molecule has 0 unspecified atom stereocenters. The first kappa shape index (κ1) is 7.97. The number of hydrogen-bond acceptors (Lipinski definition) is 1. The Hall–Kier alpha value is -1.13. The molecule has 0 fully saturated rings. The van der Waals surface area contributed by atoms with Gasteiger partial charge in [-0.3, -0.25) is 0 Å². The Morgan fingerprint density at radius 3 is 2.73 bits per heavy atom. The largest absolute Gasteiger partial charge is 0.495 e. The smallest absolute Gasteiger partial charge is 0.134 e. The first-order chi connectivity index (χ1) is 5.38. The average molecular weight is 167 g/mol. The predicted molar refractivity (Wildman–Crippen MR) is 45.7 cm³/mol. The van der Waals surface area contributed by atoms with Crippen molar-refractivity contribution in [1.82, 2.24) is 0 Å². The van der Waals surface area contributed by atoms with Crippen LogP contribution in [0, 0.1) is 11.3 Å². The molecular weight excluding hydrogens is 160 g/mol. The SMILES string of the molecule is COc1ccccc1C#CCl. The highest BCUT2D eigenvalue weighted by Crippen LogP contribution is 2.15. The van der Waals surface area contributed by atoms with E-state index in [-0.39, 0.29) is 0 Å². The molecule has 0 radical (unpaired) electrons. The van der Waals surface area contributed by atoms with E-state index < -0.39 is 0 Å². The quantitative estimate of drug-likeness (QED) is 0.582. The number of ether oxygens (including phenoxy) is 1. The maximum absolute atomic E-state index is 5.25. The molecule has 1 rings (SSSR count). The molecule has 0 bridgehead atoms. The number of hydrogen-bond donors (Lipinski definition) is 0. The van der Waals surface area contributed by atoms with Gasteiger partial charge < -0.3 is 4.74 Å². The van der Waals surface area contributed by atoms with Gasteiger partial charge in [0, 0.05) is 5.38 Å². The highest BCUT2D eigenvalue weighted by atomic mass is 35.5. The van der Waals surface area contributed by atoms with E-state index in [0.29, 0.717) is 0 Å². The Labute approximate surface area is 70.9 Å². The Bertz CT molecular complexity index is 296. The molecule has 11 heavy (non-hydrogen) atoms. The number of halogens is 1. The molecule has 56 valence electrons. The van der Waals surface area contributed by atoms with Gasteiger partial charge in [0.05, 0.1) is 12.7 Å². The van der Waals surface area contributed by atoms with Gasteiger partial charge in [0.25, 0.3) is 0 Å². The van der Waals surface area contributed by atoms with Crippen LogP contribution in [-0.2, 0) is 0 Å². The molecule has 0 aliphatic carbocycles. The van der Waals surface area contributed by atoms with Gasteiger partial charge in [-0.15, -0.1) is 0 Å².